The summed E-state index contributed by atoms with van der Waals surface area (Å²) in [6.07, 6.45) is 3.67. The Bertz CT molecular complexity index is 588. The van der Waals surface area contributed by atoms with Crippen molar-refractivity contribution in [1.82, 2.24) is 9.55 Å². The van der Waals surface area contributed by atoms with Crippen LogP contribution in [0.1, 0.15) is 34.2 Å². The number of nitrogens with zero attached hydrogens (tertiary/aromatic N) is 2. The summed E-state index contributed by atoms with van der Waals surface area (Å²) in [7, 11) is 0. The van der Waals surface area contributed by atoms with E-state index < -0.39 is 0 Å². The van der Waals surface area contributed by atoms with E-state index >= 15 is 0 Å². The number of ether oxygens (including phenoxy) is 1. The highest BCUT2D eigenvalue weighted by molar-refractivity contribution is 5.89. The zero-order valence-corrected chi connectivity index (χ0v) is 11.5. The third-order valence-electron chi connectivity index (χ3n) is 3.07. The first-order valence-electron chi connectivity index (χ1n) is 6.36. The van der Waals surface area contributed by atoms with Gasteiger partial charge < -0.3 is 9.30 Å². The van der Waals surface area contributed by atoms with Gasteiger partial charge >= 0.3 is 5.97 Å². The molecule has 19 heavy (non-hydrogen) atoms. The molecule has 0 unspecified atom stereocenters. The van der Waals surface area contributed by atoms with Gasteiger partial charge in [-0.15, -0.1) is 0 Å². The molecule has 2 heterocycles. The van der Waals surface area contributed by atoms with Gasteiger partial charge in [-0.1, -0.05) is 6.07 Å². The van der Waals surface area contributed by atoms with Gasteiger partial charge in [-0.3, -0.25) is 4.98 Å². The maximum absolute atomic E-state index is 12.0. The number of carbonyl (C=O) groups is 1. The summed E-state index contributed by atoms with van der Waals surface area (Å²) in [6.45, 7) is 6.70. The molecule has 0 fully saturated rings. The molecule has 0 amide bonds. The Balaban J connectivity index is 2.31. The van der Waals surface area contributed by atoms with Crippen LogP contribution in [0.25, 0.3) is 0 Å². The molecule has 0 aliphatic carbocycles. The Morgan fingerprint density at radius 3 is 2.79 bits per heavy atom. The van der Waals surface area contributed by atoms with Crippen molar-refractivity contribution in [2.45, 2.75) is 27.3 Å². The Kier molecular flexibility index (Phi) is 4.00. The van der Waals surface area contributed by atoms with E-state index in [0.29, 0.717) is 18.8 Å². The van der Waals surface area contributed by atoms with Crippen LogP contribution in [0.5, 0.6) is 0 Å². The lowest BCUT2D eigenvalue weighted by atomic mass is 10.2. The van der Waals surface area contributed by atoms with Crippen molar-refractivity contribution in [2.75, 3.05) is 6.61 Å². The van der Waals surface area contributed by atoms with E-state index in [2.05, 4.69) is 4.98 Å². The van der Waals surface area contributed by atoms with E-state index in [-0.39, 0.29) is 5.97 Å². The number of esters is 1. The molecular weight excluding hydrogens is 240 g/mol. The quantitative estimate of drug-likeness (QED) is 0.792. The summed E-state index contributed by atoms with van der Waals surface area (Å²) in [6, 6.07) is 5.85. The van der Waals surface area contributed by atoms with Crippen LogP contribution in [0.15, 0.2) is 30.6 Å². The molecule has 4 heteroatoms. The Labute approximate surface area is 113 Å². The normalized spacial score (nSPS) is 10.5. The highest BCUT2D eigenvalue weighted by Crippen LogP contribution is 2.14. The molecule has 0 aromatic carbocycles. The lowest BCUT2D eigenvalue weighted by Crippen LogP contribution is -2.14. The number of rotatable bonds is 4. The molecule has 0 N–H and O–H groups in total. The van der Waals surface area contributed by atoms with Crippen LogP contribution >= 0.6 is 0 Å². The van der Waals surface area contributed by atoms with Gasteiger partial charge in [-0.05, 0) is 44.0 Å². The third kappa shape index (κ3) is 2.84. The van der Waals surface area contributed by atoms with Gasteiger partial charge in [-0.25, -0.2) is 4.79 Å². The molecule has 0 saturated heterocycles. The van der Waals surface area contributed by atoms with Crippen LogP contribution in [0, 0.1) is 13.8 Å². The molecule has 0 saturated carbocycles. The first-order valence-corrected chi connectivity index (χ1v) is 6.36. The molecule has 2 aromatic rings. The first kappa shape index (κ1) is 13.3. The zero-order chi connectivity index (χ0) is 13.8. The number of hydrogen-bond acceptors (Lipinski definition) is 3. The largest absolute Gasteiger partial charge is 0.461 e. The summed E-state index contributed by atoms with van der Waals surface area (Å²) in [4.78, 5) is 16.3. The van der Waals surface area contributed by atoms with Crippen LogP contribution in [0.3, 0.4) is 0 Å². The summed E-state index contributed by atoms with van der Waals surface area (Å²) in [5.41, 5.74) is 3.60. The lowest BCUT2D eigenvalue weighted by Gasteiger charge is -2.10. The fourth-order valence-corrected chi connectivity index (χ4v) is 2.04. The SMILES string of the molecule is CCOC(=O)c1c(C)ccn1Cc1ncccc1C. The molecular formula is C15H18N2O2. The van der Waals surface area contributed by atoms with Crippen molar-refractivity contribution in [3.63, 3.8) is 0 Å². The second-order valence-corrected chi connectivity index (χ2v) is 4.46. The molecule has 0 spiro atoms. The number of pyridine rings is 1. The lowest BCUT2D eigenvalue weighted by molar-refractivity contribution is 0.0513. The first-order chi connectivity index (χ1) is 9.13. The average Bonchev–Trinajstić information content (AvgIpc) is 2.74. The second-order valence-electron chi connectivity index (χ2n) is 4.46. The van der Waals surface area contributed by atoms with Crippen LogP contribution in [0.4, 0.5) is 0 Å². The molecule has 0 aliphatic heterocycles. The molecule has 2 aromatic heterocycles. The van der Waals surface area contributed by atoms with Crippen molar-refractivity contribution in [2.24, 2.45) is 0 Å². The summed E-state index contributed by atoms with van der Waals surface area (Å²) in [5.74, 6) is -0.279. The van der Waals surface area contributed by atoms with Crippen LogP contribution in [-0.2, 0) is 11.3 Å². The molecule has 0 bridgehead atoms. The topological polar surface area (TPSA) is 44.1 Å². The van der Waals surface area contributed by atoms with Crippen molar-refractivity contribution in [1.29, 1.82) is 0 Å². The number of hydrogen-bond donors (Lipinski definition) is 0. The van der Waals surface area contributed by atoms with E-state index in [1.54, 1.807) is 6.20 Å². The van der Waals surface area contributed by atoms with E-state index in [1.807, 2.05) is 49.7 Å². The molecule has 0 atom stereocenters. The summed E-state index contributed by atoms with van der Waals surface area (Å²) >= 11 is 0. The maximum Gasteiger partial charge on any atom is 0.355 e. The van der Waals surface area contributed by atoms with E-state index in [1.165, 1.54) is 0 Å². The smallest absolute Gasteiger partial charge is 0.355 e. The van der Waals surface area contributed by atoms with E-state index in [4.69, 9.17) is 4.74 Å². The van der Waals surface area contributed by atoms with Crippen LogP contribution < -0.4 is 0 Å². The average molecular weight is 258 g/mol. The Hall–Kier alpha value is -2.10. The van der Waals surface area contributed by atoms with Gasteiger partial charge in [0, 0.05) is 12.4 Å². The van der Waals surface area contributed by atoms with Crippen molar-refractivity contribution < 1.29 is 9.53 Å². The highest BCUT2D eigenvalue weighted by Gasteiger charge is 2.16. The number of aromatic nitrogens is 2. The number of aryl methyl sites for hydroxylation is 2. The van der Waals surface area contributed by atoms with Crippen molar-refractivity contribution in [3.8, 4) is 0 Å². The minimum absolute atomic E-state index is 0.279. The third-order valence-corrected chi connectivity index (χ3v) is 3.07. The van der Waals surface area contributed by atoms with Gasteiger partial charge in [0.05, 0.1) is 18.8 Å². The van der Waals surface area contributed by atoms with Gasteiger partial charge in [0.25, 0.3) is 0 Å². The minimum atomic E-state index is -0.279. The molecule has 2 rings (SSSR count). The monoisotopic (exact) mass is 258 g/mol. The fourth-order valence-electron chi connectivity index (χ4n) is 2.04. The van der Waals surface area contributed by atoms with Gasteiger partial charge in [0.2, 0.25) is 0 Å². The fraction of sp³-hybridized carbons (Fsp3) is 0.333. The van der Waals surface area contributed by atoms with E-state index in [9.17, 15) is 4.79 Å². The molecule has 4 nitrogen and oxygen atoms in total. The van der Waals surface area contributed by atoms with Crippen LogP contribution in [0.2, 0.25) is 0 Å². The Morgan fingerprint density at radius 2 is 2.11 bits per heavy atom. The minimum Gasteiger partial charge on any atom is -0.461 e. The van der Waals surface area contributed by atoms with Gasteiger partial charge in [0.1, 0.15) is 5.69 Å². The summed E-state index contributed by atoms with van der Waals surface area (Å²) < 4.78 is 6.99. The zero-order valence-electron chi connectivity index (χ0n) is 11.5. The standard InChI is InChI=1S/C15H18N2O2/c1-4-19-15(18)14-12(3)7-9-17(14)10-13-11(2)6-5-8-16-13/h5-9H,4,10H2,1-3H3. The highest BCUT2D eigenvalue weighted by atomic mass is 16.5. The molecule has 0 aliphatic rings. The molecule has 0 radical (unpaired) electrons. The summed E-state index contributed by atoms with van der Waals surface area (Å²) in [5, 5.41) is 0. The van der Waals surface area contributed by atoms with E-state index in [0.717, 1.165) is 16.8 Å². The maximum atomic E-state index is 12.0. The van der Waals surface area contributed by atoms with Gasteiger partial charge in [-0.2, -0.15) is 0 Å². The number of carbonyl (C=O) groups excluding carboxylic acids is 1. The second kappa shape index (κ2) is 5.69. The van der Waals surface area contributed by atoms with Gasteiger partial charge in [0.15, 0.2) is 0 Å². The Morgan fingerprint density at radius 1 is 1.32 bits per heavy atom. The van der Waals surface area contributed by atoms with Crippen molar-refractivity contribution in [3.05, 3.63) is 53.1 Å². The van der Waals surface area contributed by atoms with Crippen molar-refractivity contribution >= 4 is 5.97 Å². The van der Waals surface area contributed by atoms with Crippen LogP contribution in [-0.4, -0.2) is 22.1 Å². The molecule has 100 valence electrons. The predicted molar refractivity (Wildman–Crippen MR) is 73.2 cm³/mol. The predicted octanol–water partition coefficient (Wildman–Crippen LogP) is 2.72.